The van der Waals surface area contributed by atoms with Crippen molar-refractivity contribution in [2.45, 2.75) is 13.3 Å². The largest absolute Gasteiger partial charge is 0.457 e. The third kappa shape index (κ3) is 3.55. The minimum Gasteiger partial charge on any atom is -0.457 e. The fraction of sp³-hybridized carbons (Fsp3) is 0.200. The van der Waals surface area contributed by atoms with Gasteiger partial charge in [0.15, 0.2) is 0 Å². The first-order valence-electron chi connectivity index (χ1n) is 6.02. The van der Waals surface area contributed by atoms with Gasteiger partial charge in [0.1, 0.15) is 17.3 Å². The summed E-state index contributed by atoms with van der Waals surface area (Å²) in [6.07, 6.45) is 0.816. The molecule has 0 spiro atoms. The topological polar surface area (TPSA) is 35.2 Å². The Hall–Kier alpha value is -1.39. The lowest BCUT2D eigenvalue weighted by Crippen LogP contribution is -2.03. The van der Waals surface area contributed by atoms with Gasteiger partial charge in [0.05, 0.1) is 0 Å². The van der Waals surface area contributed by atoms with E-state index in [4.69, 9.17) is 10.5 Å². The van der Waals surface area contributed by atoms with Gasteiger partial charge in [-0.25, -0.2) is 4.39 Å². The Labute approximate surface area is 120 Å². The zero-order valence-electron chi connectivity index (χ0n) is 10.6. The fourth-order valence-electron chi connectivity index (χ4n) is 1.80. The van der Waals surface area contributed by atoms with Gasteiger partial charge in [-0.05, 0) is 61.3 Å². The maximum Gasteiger partial charge on any atom is 0.130 e. The summed E-state index contributed by atoms with van der Waals surface area (Å²) in [5.41, 5.74) is 7.45. The van der Waals surface area contributed by atoms with Gasteiger partial charge in [-0.15, -0.1) is 0 Å². The molecule has 0 aliphatic carbocycles. The van der Waals surface area contributed by atoms with Crippen LogP contribution in [0.1, 0.15) is 11.1 Å². The Morgan fingerprint density at radius 3 is 2.63 bits per heavy atom. The molecule has 0 heterocycles. The van der Waals surface area contributed by atoms with Crippen LogP contribution in [0.25, 0.3) is 0 Å². The molecule has 0 bridgehead atoms. The van der Waals surface area contributed by atoms with E-state index in [1.807, 2.05) is 25.1 Å². The number of nitrogens with two attached hydrogens (primary N) is 1. The zero-order chi connectivity index (χ0) is 13.8. The van der Waals surface area contributed by atoms with Crippen LogP contribution in [0.5, 0.6) is 11.5 Å². The number of aryl methyl sites for hydroxylation is 1. The van der Waals surface area contributed by atoms with Crippen molar-refractivity contribution in [3.8, 4) is 11.5 Å². The van der Waals surface area contributed by atoms with Gasteiger partial charge in [-0.1, -0.05) is 22.0 Å². The Balaban J connectivity index is 2.21. The molecule has 0 aromatic heterocycles. The predicted octanol–water partition coefficient (Wildman–Crippen LogP) is 4.19. The number of ether oxygens (including phenoxy) is 1. The predicted molar refractivity (Wildman–Crippen MR) is 78.1 cm³/mol. The third-order valence-corrected chi connectivity index (χ3v) is 3.54. The second kappa shape index (κ2) is 6.17. The molecule has 0 aliphatic heterocycles. The maximum absolute atomic E-state index is 13.0. The molecule has 0 fully saturated rings. The summed E-state index contributed by atoms with van der Waals surface area (Å²) in [5.74, 6) is 1.10. The van der Waals surface area contributed by atoms with Gasteiger partial charge in [-0.2, -0.15) is 0 Å². The van der Waals surface area contributed by atoms with E-state index in [0.717, 1.165) is 22.0 Å². The molecule has 0 radical (unpaired) electrons. The number of hydrogen-bond acceptors (Lipinski definition) is 2. The van der Waals surface area contributed by atoms with Crippen LogP contribution in [0.2, 0.25) is 0 Å². The molecule has 2 aromatic carbocycles. The van der Waals surface area contributed by atoms with Crippen molar-refractivity contribution in [3.05, 3.63) is 57.8 Å². The van der Waals surface area contributed by atoms with E-state index >= 15 is 0 Å². The molecule has 0 unspecified atom stereocenters. The number of benzene rings is 2. The summed E-state index contributed by atoms with van der Waals surface area (Å²) in [6, 6.07) is 10.2. The molecule has 0 saturated carbocycles. The van der Waals surface area contributed by atoms with Crippen LogP contribution in [0.15, 0.2) is 40.9 Å². The van der Waals surface area contributed by atoms with Crippen molar-refractivity contribution in [2.24, 2.45) is 5.73 Å². The van der Waals surface area contributed by atoms with Crippen molar-refractivity contribution in [1.29, 1.82) is 0 Å². The standard InChI is InChI=1S/C15H15BrFNO/c1-10-8-12(17)3-5-15(10)19-13-4-2-11(6-7-18)14(16)9-13/h2-5,8-9H,6-7,18H2,1H3. The molecule has 19 heavy (non-hydrogen) atoms. The van der Waals surface area contributed by atoms with Crippen molar-refractivity contribution in [1.82, 2.24) is 0 Å². The molecule has 2 rings (SSSR count). The van der Waals surface area contributed by atoms with Crippen LogP contribution >= 0.6 is 15.9 Å². The summed E-state index contributed by atoms with van der Waals surface area (Å²) in [4.78, 5) is 0. The van der Waals surface area contributed by atoms with Gasteiger partial charge in [0, 0.05) is 4.47 Å². The monoisotopic (exact) mass is 323 g/mol. The second-order valence-corrected chi connectivity index (χ2v) is 5.16. The van der Waals surface area contributed by atoms with E-state index in [2.05, 4.69) is 15.9 Å². The molecule has 2 N–H and O–H groups in total. The van der Waals surface area contributed by atoms with Gasteiger partial charge in [0.25, 0.3) is 0 Å². The normalized spacial score (nSPS) is 10.5. The van der Waals surface area contributed by atoms with E-state index < -0.39 is 0 Å². The maximum atomic E-state index is 13.0. The van der Waals surface area contributed by atoms with E-state index in [0.29, 0.717) is 18.0 Å². The number of halogens is 2. The highest BCUT2D eigenvalue weighted by molar-refractivity contribution is 9.10. The minimum atomic E-state index is -0.260. The van der Waals surface area contributed by atoms with E-state index in [1.54, 1.807) is 6.07 Å². The van der Waals surface area contributed by atoms with Gasteiger partial charge in [-0.3, -0.25) is 0 Å². The SMILES string of the molecule is Cc1cc(F)ccc1Oc1ccc(CCN)c(Br)c1. The smallest absolute Gasteiger partial charge is 0.130 e. The molecular weight excluding hydrogens is 309 g/mol. The van der Waals surface area contributed by atoms with E-state index in [-0.39, 0.29) is 5.82 Å². The molecule has 0 aliphatic rings. The number of rotatable bonds is 4. The quantitative estimate of drug-likeness (QED) is 0.915. The van der Waals surface area contributed by atoms with Crippen molar-refractivity contribution >= 4 is 15.9 Å². The Morgan fingerprint density at radius 1 is 1.21 bits per heavy atom. The first-order valence-corrected chi connectivity index (χ1v) is 6.82. The average molecular weight is 324 g/mol. The molecule has 2 nitrogen and oxygen atoms in total. The van der Waals surface area contributed by atoms with Gasteiger partial charge < -0.3 is 10.5 Å². The lowest BCUT2D eigenvalue weighted by molar-refractivity contribution is 0.476. The van der Waals surface area contributed by atoms with Crippen LogP contribution in [0, 0.1) is 12.7 Å². The van der Waals surface area contributed by atoms with Crippen molar-refractivity contribution in [2.75, 3.05) is 6.54 Å². The highest BCUT2D eigenvalue weighted by atomic mass is 79.9. The van der Waals surface area contributed by atoms with Crippen LogP contribution in [-0.2, 0) is 6.42 Å². The fourth-order valence-corrected chi connectivity index (χ4v) is 2.36. The van der Waals surface area contributed by atoms with Crippen molar-refractivity contribution < 1.29 is 9.13 Å². The molecule has 2 aromatic rings. The lowest BCUT2D eigenvalue weighted by atomic mass is 10.1. The van der Waals surface area contributed by atoms with Gasteiger partial charge >= 0.3 is 0 Å². The summed E-state index contributed by atoms with van der Waals surface area (Å²) >= 11 is 3.50. The first kappa shape index (κ1) is 14.0. The Bertz CT molecular complexity index is 586. The third-order valence-electron chi connectivity index (χ3n) is 2.80. The van der Waals surface area contributed by atoms with Crippen molar-refractivity contribution in [3.63, 3.8) is 0 Å². The molecule has 0 saturated heterocycles. The summed E-state index contributed by atoms with van der Waals surface area (Å²) in [5, 5.41) is 0. The second-order valence-electron chi connectivity index (χ2n) is 4.30. The van der Waals surface area contributed by atoms with Crippen LogP contribution in [0.4, 0.5) is 4.39 Å². The Kier molecular flexibility index (Phi) is 4.56. The molecule has 0 atom stereocenters. The highest BCUT2D eigenvalue weighted by Crippen LogP contribution is 2.29. The Morgan fingerprint density at radius 2 is 2.00 bits per heavy atom. The van der Waals surface area contributed by atoms with E-state index in [1.165, 1.54) is 12.1 Å². The zero-order valence-corrected chi connectivity index (χ0v) is 12.2. The summed E-state index contributed by atoms with van der Waals surface area (Å²) in [7, 11) is 0. The first-order chi connectivity index (χ1) is 9.10. The molecule has 100 valence electrons. The van der Waals surface area contributed by atoms with Crippen LogP contribution in [-0.4, -0.2) is 6.54 Å². The summed E-state index contributed by atoms with van der Waals surface area (Å²) < 4.78 is 19.7. The van der Waals surface area contributed by atoms with E-state index in [9.17, 15) is 4.39 Å². The molecule has 4 heteroatoms. The molecular formula is C15H15BrFNO. The van der Waals surface area contributed by atoms with Crippen LogP contribution in [0.3, 0.4) is 0 Å². The minimum absolute atomic E-state index is 0.260. The lowest BCUT2D eigenvalue weighted by Gasteiger charge is -2.10. The average Bonchev–Trinajstić information content (AvgIpc) is 2.36. The van der Waals surface area contributed by atoms with Gasteiger partial charge in [0.2, 0.25) is 0 Å². The highest BCUT2D eigenvalue weighted by Gasteiger charge is 2.05. The molecule has 0 amide bonds. The van der Waals surface area contributed by atoms with Crippen LogP contribution < -0.4 is 10.5 Å². The summed E-state index contributed by atoms with van der Waals surface area (Å²) in [6.45, 7) is 2.42. The number of hydrogen-bond donors (Lipinski definition) is 1.